The Balaban J connectivity index is 0.00000112. The summed E-state index contributed by atoms with van der Waals surface area (Å²) in [6.45, 7) is 15.5. The molecule has 0 heterocycles. The van der Waals surface area contributed by atoms with E-state index >= 15 is 0 Å². The highest BCUT2D eigenvalue weighted by Gasteiger charge is 2.29. The lowest BCUT2D eigenvalue weighted by Gasteiger charge is -2.26. The third-order valence-electron chi connectivity index (χ3n) is 6.50. The van der Waals surface area contributed by atoms with E-state index in [2.05, 4.69) is 70.4 Å². The molecule has 2 rings (SSSR count). The molecule has 0 aromatic heterocycles. The van der Waals surface area contributed by atoms with Gasteiger partial charge in [-0.2, -0.15) is 13.2 Å². The number of carbonyl (C=O) groups excluding carboxylic acids is 3. The summed E-state index contributed by atoms with van der Waals surface area (Å²) in [6.07, 6.45) is -2.63. The van der Waals surface area contributed by atoms with Crippen LogP contribution in [0.5, 0.6) is 0 Å². The number of benzene rings is 2. The van der Waals surface area contributed by atoms with Crippen molar-refractivity contribution in [1.82, 2.24) is 5.32 Å². The summed E-state index contributed by atoms with van der Waals surface area (Å²) in [4.78, 5) is 33.4. The molecule has 0 radical (unpaired) electrons. The number of amides is 1. The van der Waals surface area contributed by atoms with Gasteiger partial charge in [0.05, 0.1) is 13.7 Å². The molecule has 0 unspecified atom stereocenters. The van der Waals surface area contributed by atoms with Crippen molar-refractivity contribution < 1.29 is 42.7 Å². The first-order valence-corrected chi connectivity index (χ1v) is 14.0. The Bertz CT molecular complexity index is 1120. The highest BCUT2D eigenvalue weighted by atomic mass is 19.4. The Kier molecular flexibility index (Phi) is 14.2. The number of unbranched alkanes of at least 4 members (excludes halogenated alkanes) is 1. The summed E-state index contributed by atoms with van der Waals surface area (Å²) in [7, 11) is 1.35. The largest absolute Gasteiger partial charge is 0.542 e. The number of nitrogens with one attached hydrogen (secondary N) is 1. The van der Waals surface area contributed by atoms with E-state index in [0.29, 0.717) is 12.8 Å². The first-order chi connectivity index (χ1) is 19.3. The third kappa shape index (κ3) is 14.0. The molecule has 0 fully saturated rings. The fourth-order valence-corrected chi connectivity index (χ4v) is 3.97. The zero-order chi connectivity index (χ0) is 32.1. The molecule has 0 saturated heterocycles. The predicted molar refractivity (Wildman–Crippen MR) is 153 cm³/mol. The molecule has 0 saturated carbocycles. The molecule has 0 spiro atoms. The number of carbonyl (C=O) groups is 3. The lowest BCUT2D eigenvalue weighted by Crippen LogP contribution is -2.82. The van der Waals surface area contributed by atoms with Crippen molar-refractivity contribution in [3.8, 4) is 0 Å². The highest BCUT2D eigenvalue weighted by Crippen LogP contribution is 2.30. The second-order valence-electron chi connectivity index (χ2n) is 12.3. The Labute approximate surface area is 247 Å². The van der Waals surface area contributed by atoms with Gasteiger partial charge in [-0.05, 0) is 52.5 Å². The van der Waals surface area contributed by atoms with Crippen LogP contribution in [0.2, 0.25) is 0 Å². The highest BCUT2D eigenvalue weighted by molar-refractivity contribution is 5.84. The van der Waals surface area contributed by atoms with E-state index in [1.165, 1.54) is 23.8 Å². The Morgan fingerprint density at radius 2 is 1.40 bits per heavy atom. The van der Waals surface area contributed by atoms with E-state index in [1.54, 1.807) is 0 Å². The van der Waals surface area contributed by atoms with E-state index in [-0.39, 0.29) is 16.7 Å². The summed E-state index contributed by atoms with van der Waals surface area (Å²) < 4.78 is 36.4. The number of hydrogen-bond donors (Lipinski definition) is 2. The van der Waals surface area contributed by atoms with Gasteiger partial charge in [-0.15, -0.1) is 0 Å². The van der Waals surface area contributed by atoms with Crippen LogP contribution in [0.4, 0.5) is 13.2 Å². The minimum atomic E-state index is -5.19. The van der Waals surface area contributed by atoms with Crippen LogP contribution in [0.15, 0.2) is 48.5 Å². The topological polar surface area (TPSA) is 112 Å². The van der Waals surface area contributed by atoms with Crippen LogP contribution < -0.4 is 15.7 Å². The molecular weight excluding hydrogens is 549 g/mol. The molecule has 2 aromatic rings. The molecule has 1 atom stereocenters. The van der Waals surface area contributed by atoms with Crippen molar-refractivity contribution in [2.75, 3.05) is 13.7 Å². The number of aliphatic carboxylic acids is 1. The van der Waals surface area contributed by atoms with E-state index < -0.39 is 24.2 Å². The second kappa shape index (κ2) is 16.3. The van der Waals surface area contributed by atoms with Crippen LogP contribution in [0.25, 0.3) is 0 Å². The summed E-state index contributed by atoms with van der Waals surface area (Å²) in [5.74, 6) is -3.53. The van der Waals surface area contributed by atoms with Crippen molar-refractivity contribution in [2.24, 2.45) is 0 Å². The summed E-state index contributed by atoms with van der Waals surface area (Å²) in [5, 5.41) is 14.0. The Hall–Kier alpha value is -3.40. The molecule has 234 valence electrons. The molecule has 2 aromatic carbocycles. The number of esters is 1. The Morgan fingerprint density at radius 3 is 1.86 bits per heavy atom. The normalized spacial score (nSPS) is 12.5. The SMILES string of the molecule is COC(=O)[C@H](Cc1ccccc1)NC(=O)CCCC[NH2+]Cc1cc(C(C)(C)C)cc(C(C)(C)C)c1.O=C([O-])C(F)(F)F. The maximum absolute atomic E-state index is 12.5. The van der Waals surface area contributed by atoms with Gasteiger partial charge in [0.2, 0.25) is 5.91 Å². The predicted octanol–water partition coefficient (Wildman–Crippen LogP) is 3.71. The van der Waals surface area contributed by atoms with Crippen molar-refractivity contribution >= 4 is 17.8 Å². The zero-order valence-corrected chi connectivity index (χ0v) is 25.7. The minimum Gasteiger partial charge on any atom is -0.542 e. The van der Waals surface area contributed by atoms with Gasteiger partial charge in [0.1, 0.15) is 18.6 Å². The first-order valence-electron chi connectivity index (χ1n) is 14.0. The van der Waals surface area contributed by atoms with Crippen LogP contribution >= 0.6 is 0 Å². The number of alkyl halides is 3. The third-order valence-corrected chi connectivity index (χ3v) is 6.50. The van der Waals surface area contributed by atoms with Gasteiger partial charge in [-0.3, -0.25) is 4.79 Å². The number of quaternary nitrogens is 1. The molecule has 0 aliphatic heterocycles. The molecule has 1 amide bonds. The van der Waals surface area contributed by atoms with Crippen molar-refractivity contribution in [2.45, 2.75) is 96.8 Å². The quantitative estimate of drug-likeness (QED) is 0.304. The molecule has 10 heteroatoms. The molecule has 42 heavy (non-hydrogen) atoms. The lowest BCUT2D eigenvalue weighted by molar-refractivity contribution is -0.670. The number of methoxy groups -OCH3 is 1. The van der Waals surface area contributed by atoms with Gasteiger partial charge in [0, 0.05) is 18.4 Å². The van der Waals surface area contributed by atoms with E-state index in [9.17, 15) is 22.8 Å². The molecular formula is C32H45F3N2O5. The minimum absolute atomic E-state index is 0.107. The fraction of sp³-hybridized carbons (Fsp3) is 0.531. The van der Waals surface area contributed by atoms with Crippen LogP contribution in [-0.4, -0.2) is 43.7 Å². The van der Waals surface area contributed by atoms with E-state index in [1.807, 2.05) is 30.3 Å². The number of halogens is 3. The number of carboxylic acid groups (broad SMARTS) is 1. The monoisotopic (exact) mass is 594 g/mol. The molecule has 3 N–H and O–H groups in total. The smallest absolute Gasteiger partial charge is 0.430 e. The summed E-state index contributed by atoms with van der Waals surface area (Å²) >= 11 is 0. The number of hydrogen-bond acceptors (Lipinski definition) is 5. The zero-order valence-electron chi connectivity index (χ0n) is 25.7. The van der Waals surface area contributed by atoms with Crippen LogP contribution in [0.1, 0.15) is 83.1 Å². The number of rotatable bonds is 11. The van der Waals surface area contributed by atoms with Gasteiger partial charge in [0.15, 0.2) is 0 Å². The second-order valence-corrected chi connectivity index (χ2v) is 12.3. The van der Waals surface area contributed by atoms with Crippen LogP contribution in [0, 0.1) is 0 Å². The van der Waals surface area contributed by atoms with Crippen molar-refractivity contribution in [3.05, 3.63) is 70.8 Å². The fourth-order valence-electron chi connectivity index (χ4n) is 3.97. The summed E-state index contributed by atoms with van der Waals surface area (Å²) in [6, 6.07) is 16.0. The average molecular weight is 595 g/mol. The maximum atomic E-state index is 12.5. The number of ether oxygens (including phenoxy) is 1. The summed E-state index contributed by atoms with van der Waals surface area (Å²) in [5.41, 5.74) is 5.32. The number of carboxylic acids is 1. The van der Waals surface area contributed by atoms with Gasteiger partial charge in [-0.1, -0.05) is 77.9 Å². The van der Waals surface area contributed by atoms with Gasteiger partial charge < -0.3 is 25.3 Å². The molecule has 0 aliphatic rings. The lowest BCUT2D eigenvalue weighted by atomic mass is 9.79. The Morgan fingerprint density at radius 1 is 0.881 bits per heavy atom. The average Bonchev–Trinajstić information content (AvgIpc) is 2.89. The maximum Gasteiger partial charge on any atom is 0.430 e. The van der Waals surface area contributed by atoms with Crippen molar-refractivity contribution in [3.63, 3.8) is 0 Å². The van der Waals surface area contributed by atoms with Gasteiger partial charge in [0.25, 0.3) is 0 Å². The molecule has 0 bridgehead atoms. The van der Waals surface area contributed by atoms with Crippen LogP contribution in [-0.2, 0) is 42.9 Å². The van der Waals surface area contributed by atoms with E-state index in [4.69, 9.17) is 14.6 Å². The van der Waals surface area contributed by atoms with Crippen molar-refractivity contribution in [1.29, 1.82) is 0 Å². The first kappa shape index (κ1) is 36.6. The molecule has 0 aliphatic carbocycles. The van der Waals surface area contributed by atoms with Crippen LogP contribution in [0.3, 0.4) is 0 Å². The van der Waals surface area contributed by atoms with Gasteiger partial charge in [-0.25, -0.2) is 4.79 Å². The number of nitrogens with two attached hydrogens (primary N) is 1. The standard InChI is InChI=1S/C30H44N2O3.C2HF3O2/c1-29(2,3)24-17-23(18-25(20-24)30(4,5)6)21-31-16-12-11-15-27(33)32-26(28(34)35-7)19-22-13-9-8-10-14-22;3-2(4,5)1(6)7/h8-10,13-14,17-18,20,26,31H,11-12,15-16,19,21H2,1-7H3,(H,32,33);(H,6,7)/t26-;/m0./s1. The van der Waals surface area contributed by atoms with E-state index in [0.717, 1.165) is 31.5 Å². The van der Waals surface area contributed by atoms with Gasteiger partial charge >= 0.3 is 12.1 Å². The molecule has 7 nitrogen and oxygen atoms in total.